The first kappa shape index (κ1) is 11.9. The van der Waals surface area contributed by atoms with Crippen molar-refractivity contribution in [3.63, 3.8) is 0 Å². The van der Waals surface area contributed by atoms with E-state index in [4.69, 9.17) is 16.2 Å². The van der Waals surface area contributed by atoms with Gasteiger partial charge >= 0.3 is 0 Å². The highest BCUT2D eigenvalue weighted by Crippen LogP contribution is 2.30. The van der Waals surface area contributed by atoms with Gasteiger partial charge in [-0.25, -0.2) is 4.39 Å². The Labute approximate surface area is 98.7 Å². The molecule has 0 saturated heterocycles. The number of carbonyl (C=O) groups is 1. The van der Waals surface area contributed by atoms with Crippen LogP contribution in [0.5, 0.6) is 5.75 Å². The largest absolute Gasteiger partial charge is 0.490 e. The first-order chi connectivity index (χ1) is 7.99. The maximum atomic E-state index is 12.9. The second-order valence-corrected chi connectivity index (χ2v) is 4.46. The Hall–Kier alpha value is -1.62. The van der Waals surface area contributed by atoms with Crippen LogP contribution in [0, 0.1) is 5.82 Å². The van der Waals surface area contributed by atoms with Gasteiger partial charge < -0.3 is 16.2 Å². The van der Waals surface area contributed by atoms with E-state index in [0.717, 1.165) is 0 Å². The van der Waals surface area contributed by atoms with E-state index in [0.29, 0.717) is 25.0 Å². The SMILES string of the molecule is NC(=O)C1(N)CCC(Oc2cccc(F)c2)C1. The minimum Gasteiger partial charge on any atom is -0.490 e. The Balaban J connectivity index is 2.01. The molecule has 0 aromatic heterocycles. The molecule has 1 saturated carbocycles. The number of amides is 1. The van der Waals surface area contributed by atoms with Gasteiger partial charge in [0, 0.05) is 12.5 Å². The van der Waals surface area contributed by atoms with Crippen molar-refractivity contribution in [3.8, 4) is 5.75 Å². The molecule has 0 radical (unpaired) electrons. The van der Waals surface area contributed by atoms with Gasteiger partial charge in [0.1, 0.15) is 17.7 Å². The molecule has 1 aromatic rings. The molecule has 17 heavy (non-hydrogen) atoms. The van der Waals surface area contributed by atoms with Crippen molar-refractivity contribution >= 4 is 5.91 Å². The molecule has 2 atom stereocenters. The Morgan fingerprint density at radius 1 is 1.53 bits per heavy atom. The summed E-state index contributed by atoms with van der Waals surface area (Å²) in [6, 6.07) is 5.90. The Kier molecular flexibility index (Phi) is 3.02. The van der Waals surface area contributed by atoms with Gasteiger partial charge in [-0.2, -0.15) is 0 Å². The predicted molar refractivity (Wildman–Crippen MR) is 60.8 cm³/mol. The minimum atomic E-state index is -0.988. The summed E-state index contributed by atoms with van der Waals surface area (Å²) in [5.74, 6) is -0.416. The van der Waals surface area contributed by atoms with Gasteiger partial charge in [0.2, 0.25) is 5.91 Å². The molecule has 5 heteroatoms. The number of hydrogen-bond donors (Lipinski definition) is 2. The normalized spacial score (nSPS) is 28.0. The fraction of sp³-hybridized carbons (Fsp3) is 0.417. The highest BCUT2D eigenvalue weighted by molar-refractivity contribution is 5.84. The number of hydrogen-bond acceptors (Lipinski definition) is 3. The standard InChI is InChI=1S/C12H15FN2O2/c13-8-2-1-3-9(6-8)17-10-4-5-12(15,7-10)11(14)16/h1-3,6,10H,4-5,7,15H2,(H2,14,16). The first-order valence-electron chi connectivity index (χ1n) is 5.51. The Morgan fingerprint density at radius 2 is 2.29 bits per heavy atom. The van der Waals surface area contributed by atoms with Crippen LogP contribution in [0.15, 0.2) is 24.3 Å². The molecule has 2 unspecified atom stereocenters. The monoisotopic (exact) mass is 238 g/mol. The van der Waals surface area contributed by atoms with E-state index in [9.17, 15) is 9.18 Å². The van der Waals surface area contributed by atoms with Crippen molar-refractivity contribution in [1.29, 1.82) is 0 Å². The van der Waals surface area contributed by atoms with Crippen LogP contribution in [0.1, 0.15) is 19.3 Å². The molecular formula is C12H15FN2O2. The zero-order chi connectivity index (χ0) is 12.5. The number of rotatable bonds is 3. The van der Waals surface area contributed by atoms with Gasteiger partial charge in [0.25, 0.3) is 0 Å². The van der Waals surface area contributed by atoms with Crippen LogP contribution in [0.4, 0.5) is 4.39 Å². The third kappa shape index (κ3) is 2.55. The zero-order valence-electron chi connectivity index (χ0n) is 9.36. The van der Waals surface area contributed by atoms with Crippen LogP contribution in [0.25, 0.3) is 0 Å². The highest BCUT2D eigenvalue weighted by atomic mass is 19.1. The average Bonchev–Trinajstić information content (AvgIpc) is 2.61. The van der Waals surface area contributed by atoms with E-state index in [1.54, 1.807) is 12.1 Å². The number of ether oxygens (including phenoxy) is 1. The summed E-state index contributed by atoms with van der Waals surface area (Å²) in [6.45, 7) is 0. The van der Waals surface area contributed by atoms with Crippen molar-refractivity contribution in [1.82, 2.24) is 0 Å². The molecule has 1 amide bonds. The van der Waals surface area contributed by atoms with Crippen molar-refractivity contribution in [2.24, 2.45) is 11.5 Å². The van der Waals surface area contributed by atoms with Crippen LogP contribution in [-0.4, -0.2) is 17.6 Å². The van der Waals surface area contributed by atoms with Gasteiger partial charge in [-0.3, -0.25) is 4.79 Å². The molecule has 4 N–H and O–H groups in total. The number of primary amides is 1. The van der Waals surface area contributed by atoms with Crippen LogP contribution in [-0.2, 0) is 4.79 Å². The quantitative estimate of drug-likeness (QED) is 0.822. The number of nitrogens with two attached hydrogens (primary N) is 2. The van der Waals surface area contributed by atoms with Crippen molar-refractivity contribution in [2.75, 3.05) is 0 Å². The maximum Gasteiger partial charge on any atom is 0.237 e. The Bertz CT molecular complexity index is 438. The van der Waals surface area contributed by atoms with Crippen LogP contribution in [0.2, 0.25) is 0 Å². The van der Waals surface area contributed by atoms with Gasteiger partial charge in [0.05, 0.1) is 5.54 Å². The lowest BCUT2D eigenvalue weighted by Crippen LogP contribution is -2.50. The number of benzene rings is 1. The first-order valence-corrected chi connectivity index (χ1v) is 5.51. The summed E-state index contributed by atoms with van der Waals surface area (Å²) < 4.78 is 18.5. The third-order valence-corrected chi connectivity index (χ3v) is 3.09. The lowest BCUT2D eigenvalue weighted by atomic mass is 9.99. The zero-order valence-corrected chi connectivity index (χ0v) is 9.36. The molecule has 1 aliphatic rings. The molecule has 0 heterocycles. The van der Waals surface area contributed by atoms with Gasteiger partial charge in [-0.1, -0.05) is 6.07 Å². The molecule has 1 fully saturated rings. The minimum absolute atomic E-state index is 0.186. The highest BCUT2D eigenvalue weighted by Gasteiger charge is 2.41. The summed E-state index contributed by atoms with van der Waals surface area (Å²) in [4.78, 5) is 11.2. The second-order valence-electron chi connectivity index (χ2n) is 4.46. The fourth-order valence-corrected chi connectivity index (χ4v) is 2.09. The fourth-order valence-electron chi connectivity index (χ4n) is 2.09. The lowest BCUT2D eigenvalue weighted by molar-refractivity contribution is -0.123. The topological polar surface area (TPSA) is 78.3 Å². The van der Waals surface area contributed by atoms with E-state index >= 15 is 0 Å². The van der Waals surface area contributed by atoms with Gasteiger partial charge in [-0.15, -0.1) is 0 Å². The van der Waals surface area contributed by atoms with Crippen LogP contribution < -0.4 is 16.2 Å². The van der Waals surface area contributed by atoms with Crippen molar-refractivity contribution in [3.05, 3.63) is 30.1 Å². The van der Waals surface area contributed by atoms with Crippen molar-refractivity contribution in [2.45, 2.75) is 30.9 Å². The molecule has 2 rings (SSSR count). The van der Waals surface area contributed by atoms with Gasteiger partial charge in [0.15, 0.2) is 0 Å². The Morgan fingerprint density at radius 3 is 2.88 bits per heavy atom. The molecule has 0 bridgehead atoms. The summed E-state index contributed by atoms with van der Waals surface area (Å²) >= 11 is 0. The van der Waals surface area contributed by atoms with E-state index in [-0.39, 0.29) is 11.9 Å². The van der Waals surface area contributed by atoms with E-state index in [1.807, 2.05) is 0 Å². The third-order valence-electron chi connectivity index (χ3n) is 3.09. The van der Waals surface area contributed by atoms with Crippen LogP contribution in [0.3, 0.4) is 0 Å². The summed E-state index contributed by atoms with van der Waals surface area (Å²) in [6.07, 6.45) is 1.34. The molecule has 4 nitrogen and oxygen atoms in total. The van der Waals surface area contributed by atoms with E-state index < -0.39 is 11.4 Å². The number of carbonyl (C=O) groups excluding carboxylic acids is 1. The maximum absolute atomic E-state index is 12.9. The molecule has 92 valence electrons. The molecule has 0 aliphatic heterocycles. The van der Waals surface area contributed by atoms with E-state index in [2.05, 4.69) is 0 Å². The van der Waals surface area contributed by atoms with E-state index in [1.165, 1.54) is 12.1 Å². The number of halogens is 1. The summed E-state index contributed by atoms with van der Waals surface area (Å²) in [7, 11) is 0. The van der Waals surface area contributed by atoms with Gasteiger partial charge in [-0.05, 0) is 25.0 Å². The average molecular weight is 238 g/mol. The molecule has 1 aromatic carbocycles. The molecular weight excluding hydrogens is 223 g/mol. The molecule has 0 spiro atoms. The summed E-state index contributed by atoms with van der Waals surface area (Å²) in [5.41, 5.74) is 10.1. The van der Waals surface area contributed by atoms with Crippen LogP contribution >= 0.6 is 0 Å². The lowest BCUT2D eigenvalue weighted by Gasteiger charge is -2.19. The van der Waals surface area contributed by atoms with Crippen molar-refractivity contribution < 1.29 is 13.9 Å². The molecule has 1 aliphatic carbocycles. The second kappa shape index (κ2) is 4.33. The smallest absolute Gasteiger partial charge is 0.237 e. The predicted octanol–water partition coefficient (Wildman–Crippen LogP) is 0.940. The summed E-state index contributed by atoms with van der Waals surface area (Å²) in [5, 5.41) is 0.